The monoisotopic (exact) mass is 340 g/mol. The minimum absolute atomic E-state index is 0.0759. The Labute approximate surface area is 135 Å². The van der Waals surface area contributed by atoms with Crippen molar-refractivity contribution in [1.82, 2.24) is 10.0 Å². The lowest BCUT2D eigenvalue weighted by Gasteiger charge is -2.12. The number of rotatable bonds is 7. The number of amides is 1. The molecule has 1 aliphatic rings. The van der Waals surface area contributed by atoms with Gasteiger partial charge < -0.3 is 10.4 Å². The van der Waals surface area contributed by atoms with Gasteiger partial charge in [0, 0.05) is 18.2 Å². The van der Waals surface area contributed by atoms with Crippen molar-refractivity contribution in [3.8, 4) is 0 Å². The summed E-state index contributed by atoms with van der Waals surface area (Å²) in [6.45, 7) is 3.52. The van der Waals surface area contributed by atoms with Crippen molar-refractivity contribution in [3.05, 3.63) is 29.8 Å². The van der Waals surface area contributed by atoms with E-state index in [1.165, 1.54) is 24.3 Å². The summed E-state index contributed by atoms with van der Waals surface area (Å²) in [7, 11) is -3.60. The first-order valence-corrected chi connectivity index (χ1v) is 8.79. The summed E-state index contributed by atoms with van der Waals surface area (Å²) >= 11 is 0. The Morgan fingerprint density at radius 1 is 1.22 bits per heavy atom. The lowest BCUT2D eigenvalue weighted by Crippen LogP contribution is -2.34. The van der Waals surface area contributed by atoms with E-state index < -0.39 is 27.3 Å². The van der Waals surface area contributed by atoms with E-state index in [-0.39, 0.29) is 23.0 Å². The predicted octanol–water partition coefficient (Wildman–Crippen LogP) is 0.968. The Morgan fingerprint density at radius 2 is 1.78 bits per heavy atom. The van der Waals surface area contributed by atoms with E-state index in [2.05, 4.69) is 10.0 Å². The SMILES string of the molecule is CC(C)NS(=O)(=O)c1ccc(C(=O)NCC2(C(=O)O)CC2)cc1. The van der Waals surface area contributed by atoms with Gasteiger partial charge in [0.15, 0.2) is 0 Å². The Bertz CT molecular complexity index is 706. The Hall–Kier alpha value is -1.93. The number of aliphatic carboxylic acids is 1. The predicted molar refractivity (Wildman–Crippen MR) is 83.5 cm³/mol. The number of carbonyl (C=O) groups excluding carboxylic acids is 1. The smallest absolute Gasteiger partial charge is 0.311 e. The highest BCUT2D eigenvalue weighted by Crippen LogP contribution is 2.45. The molecule has 1 aromatic carbocycles. The molecule has 1 saturated carbocycles. The average Bonchev–Trinajstić information content (AvgIpc) is 3.25. The Morgan fingerprint density at radius 3 is 2.22 bits per heavy atom. The fourth-order valence-corrected chi connectivity index (χ4v) is 3.38. The van der Waals surface area contributed by atoms with Gasteiger partial charge in [0.05, 0.1) is 10.3 Å². The van der Waals surface area contributed by atoms with Gasteiger partial charge in [-0.15, -0.1) is 0 Å². The third kappa shape index (κ3) is 4.08. The van der Waals surface area contributed by atoms with Crippen molar-refractivity contribution in [2.45, 2.75) is 37.6 Å². The van der Waals surface area contributed by atoms with E-state index in [0.717, 1.165) is 0 Å². The van der Waals surface area contributed by atoms with E-state index in [4.69, 9.17) is 5.11 Å². The molecule has 0 heterocycles. The molecule has 0 atom stereocenters. The highest BCUT2D eigenvalue weighted by Gasteiger charge is 2.50. The van der Waals surface area contributed by atoms with Crippen LogP contribution in [0.25, 0.3) is 0 Å². The fraction of sp³-hybridized carbons (Fsp3) is 0.467. The van der Waals surface area contributed by atoms with Crippen LogP contribution in [0.1, 0.15) is 37.0 Å². The van der Waals surface area contributed by atoms with Crippen molar-refractivity contribution in [2.75, 3.05) is 6.54 Å². The molecular weight excluding hydrogens is 320 g/mol. The Balaban J connectivity index is 2.02. The molecule has 1 aliphatic carbocycles. The number of carboxylic acids is 1. The normalized spacial score (nSPS) is 16.1. The molecule has 8 heteroatoms. The molecule has 1 fully saturated rings. The highest BCUT2D eigenvalue weighted by atomic mass is 32.2. The molecule has 0 radical (unpaired) electrons. The zero-order valence-electron chi connectivity index (χ0n) is 13.0. The second-order valence-electron chi connectivity index (χ2n) is 6.07. The molecule has 7 nitrogen and oxygen atoms in total. The van der Waals surface area contributed by atoms with Crippen molar-refractivity contribution < 1.29 is 23.1 Å². The molecular formula is C15H20N2O5S. The van der Waals surface area contributed by atoms with Gasteiger partial charge in [0.2, 0.25) is 10.0 Å². The number of carbonyl (C=O) groups is 2. The van der Waals surface area contributed by atoms with Gasteiger partial charge in [-0.25, -0.2) is 13.1 Å². The molecule has 0 unspecified atom stereocenters. The van der Waals surface area contributed by atoms with Crippen LogP contribution in [0.4, 0.5) is 0 Å². The quantitative estimate of drug-likeness (QED) is 0.684. The number of carboxylic acid groups (broad SMARTS) is 1. The van der Waals surface area contributed by atoms with Crippen molar-refractivity contribution in [1.29, 1.82) is 0 Å². The molecule has 0 aliphatic heterocycles. The molecule has 0 bridgehead atoms. The van der Waals surface area contributed by atoms with Crippen molar-refractivity contribution >= 4 is 21.9 Å². The number of hydrogen-bond donors (Lipinski definition) is 3. The third-order valence-electron chi connectivity index (χ3n) is 3.71. The molecule has 0 saturated heterocycles. The number of hydrogen-bond acceptors (Lipinski definition) is 4. The molecule has 126 valence electrons. The van der Waals surface area contributed by atoms with Gasteiger partial charge in [-0.1, -0.05) is 0 Å². The van der Waals surface area contributed by atoms with Crippen LogP contribution in [0.15, 0.2) is 29.2 Å². The van der Waals surface area contributed by atoms with Crippen LogP contribution in [-0.2, 0) is 14.8 Å². The molecule has 2 rings (SSSR count). The van der Waals surface area contributed by atoms with Crippen molar-refractivity contribution in [2.24, 2.45) is 5.41 Å². The van der Waals surface area contributed by atoms with Gasteiger partial charge in [-0.05, 0) is 51.0 Å². The first-order chi connectivity index (χ1) is 10.7. The molecule has 1 amide bonds. The molecule has 23 heavy (non-hydrogen) atoms. The minimum atomic E-state index is -3.60. The number of nitrogens with one attached hydrogen (secondary N) is 2. The maximum atomic E-state index is 12.0. The van der Waals surface area contributed by atoms with E-state index in [0.29, 0.717) is 12.8 Å². The van der Waals surface area contributed by atoms with Crippen LogP contribution in [0, 0.1) is 5.41 Å². The summed E-state index contributed by atoms with van der Waals surface area (Å²) < 4.78 is 26.4. The number of sulfonamides is 1. The maximum absolute atomic E-state index is 12.0. The van der Waals surface area contributed by atoms with Gasteiger partial charge >= 0.3 is 5.97 Å². The standard InChI is InChI=1S/C15H20N2O5S/c1-10(2)17-23(21,22)12-5-3-11(4-6-12)13(18)16-9-15(7-8-15)14(19)20/h3-6,10,17H,7-9H2,1-2H3,(H,16,18)(H,19,20). The number of benzene rings is 1. The van der Waals surface area contributed by atoms with E-state index in [9.17, 15) is 18.0 Å². The fourth-order valence-electron chi connectivity index (χ4n) is 2.13. The van der Waals surface area contributed by atoms with Crippen LogP contribution >= 0.6 is 0 Å². The highest BCUT2D eigenvalue weighted by molar-refractivity contribution is 7.89. The molecule has 0 aromatic heterocycles. The zero-order chi connectivity index (χ0) is 17.3. The lowest BCUT2D eigenvalue weighted by molar-refractivity contribution is -0.143. The largest absolute Gasteiger partial charge is 0.481 e. The van der Waals surface area contributed by atoms with Crippen LogP contribution in [-0.4, -0.2) is 38.0 Å². The lowest BCUT2D eigenvalue weighted by atomic mass is 10.1. The van der Waals surface area contributed by atoms with E-state index >= 15 is 0 Å². The molecule has 3 N–H and O–H groups in total. The summed E-state index contributed by atoms with van der Waals surface area (Å²) in [5.41, 5.74) is -0.546. The van der Waals surface area contributed by atoms with Gasteiger partial charge in [0.1, 0.15) is 0 Å². The summed E-state index contributed by atoms with van der Waals surface area (Å²) in [6, 6.07) is 5.29. The molecule has 1 aromatic rings. The minimum Gasteiger partial charge on any atom is -0.481 e. The summed E-state index contributed by atoms with van der Waals surface area (Å²) in [4.78, 5) is 23.1. The first kappa shape index (κ1) is 17.4. The van der Waals surface area contributed by atoms with Crippen LogP contribution in [0.3, 0.4) is 0 Å². The third-order valence-corrected chi connectivity index (χ3v) is 5.39. The van der Waals surface area contributed by atoms with Crippen LogP contribution in [0.5, 0.6) is 0 Å². The maximum Gasteiger partial charge on any atom is 0.311 e. The van der Waals surface area contributed by atoms with Gasteiger partial charge in [-0.2, -0.15) is 0 Å². The van der Waals surface area contributed by atoms with Crippen LogP contribution in [0.2, 0.25) is 0 Å². The second kappa shape index (κ2) is 6.29. The second-order valence-corrected chi connectivity index (χ2v) is 7.78. The summed E-state index contributed by atoms with van der Waals surface area (Å²) in [6.07, 6.45) is 1.11. The molecule has 0 spiro atoms. The van der Waals surface area contributed by atoms with Gasteiger partial charge in [0.25, 0.3) is 5.91 Å². The topological polar surface area (TPSA) is 113 Å². The average molecular weight is 340 g/mol. The van der Waals surface area contributed by atoms with Gasteiger partial charge in [-0.3, -0.25) is 9.59 Å². The summed E-state index contributed by atoms with van der Waals surface area (Å²) in [5.74, 6) is -1.32. The van der Waals surface area contributed by atoms with Crippen LogP contribution < -0.4 is 10.0 Å². The summed E-state index contributed by atoms with van der Waals surface area (Å²) in [5, 5.41) is 11.6. The van der Waals surface area contributed by atoms with E-state index in [1.807, 2.05) is 0 Å². The van der Waals surface area contributed by atoms with E-state index in [1.54, 1.807) is 13.8 Å². The zero-order valence-corrected chi connectivity index (χ0v) is 13.8. The first-order valence-electron chi connectivity index (χ1n) is 7.30. The Kier molecular flexibility index (Phi) is 4.76. The van der Waals surface area contributed by atoms with Crippen molar-refractivity contribution in [3.63, 3.8) is 0 Å².